The van der Waals surface area contributed by atoms with E-state index in [9.17, 15) is 0 Å². The molecule has 52 valence electrons. The number of hydrogen-bond acceptors (Lipinski definition) is 0. The first-order valence-electron chi connectivity index (χ1n) is 4.41. The molecule has 0 amide bonds. The van der Waals surface area contributed by atoms with Gasteiger partial charge in [-0.25, -0.2) is 0 Å². The van der Waals surface area contributed by atoms with Gasteiger partial charge in [-0.05, 0) is 0 Å². The zero-order valence-corrected chi connectivity index (χ0v) is 6.95. The number of rotatable bonds is 6. The van der Waals surface area contributed by atoms with E-state index in [1.807, 2.05) is 0 Å². The fraction of sp³-hybridized carbons (Fsp3) is 1.00. The van der Waals surface area contributed by atoms with Crippen LogP contribution in [0.5, 0.6) is 0 Å². The van der Waals surface area contributed by atoms with Gasteiger partial charge in [0.15, 0.2) is 0 Å². The molecular formula is C8H18Be. The molecule has 0 N–H and O–H groups in total. The SMILES string of the molecule is CCC[CH2][Be][CH2]CCC. The van der Waals surface area contributed by atoms with Gasteiger partial charge < -0.3 is 0 Å². The van der Waals surface area contributed by atoms with Crippen molar-refractivity contribution in [2.24, 2.45) is 0 Å². The summed E-state index contributed by atoms with van der Waals surface area (Å²) in [5.41, 5.74) is 0. The standard InChI is InChI=1S/2C4H9.Be/c2*1-3-4-2;/h2*1,3-4H2,2H3;. The summed E-state index contributed by atoms with van der Waals surface area (Å²) >= 11 is 0. The maximum absolute atomic E-state index is 2.26. The third kappa shape index (κ3) is 8.17. The Hall–Kier alpha value is 0.169. The van der Waals surface area contributed by atoms with Gasteiger partial charge in [-0.1, -0.05) is 0 Å². The minimum atomic E-state index is 1.37. The Morgan fingerprint density at radius 2 is 1.33 bits per heavy atom. The van der Waals surface area contributed by atoms with E-state index in [4.69, 9.17) is 0 Å². The molecule has 1 heteroatoms. The Morgan fingerprint density at radius 1 is 0.889 bits per heavy atom. The van der Waals surface area contributed by atoms with Crippen LogP contribution >= 0.6 is 0 Å². The Kier molecular flexibility index (Phi) is 8.32. The van der Waals surface area contributed by atoms with Crippen molar-refractivity contribution in [3.05, 3.63) is 0 Å². The van der Waals surface area contributed by atoms with Gasteiger partial charge in [0.05, 0.1) is 0 Å². The van der Waals surface area contributed by atoms with Gasteiger partial charge in [-0.3, -0.25) is 0 Å². The molecule has 0 unspecified atom stereocenters. The Balaban J connectivity index is 2.60. The second-order valence-electron chi connectivity index (χ2n) is 2.77. The van der Waals surface area contributed by atoms with Gasteiger partial charge in [0.1, 0.15) is 0 Å². The summed E-state index contributed by atoms with van der Waals surface area (Å²) in [6, 6.07) is 0. The molecule has 0 rings (SSSR count). The molecule has 0 aliphatic rings. The molecule has 0 aromatic carbocycles. The van der Waals surface area contributed by atoms with Crippen molar-refractivity contribution < 1.29 is 0 Å². The van der Waals surface area contributed by atoms with E-state index < -0.39 is 0 Å². The van der Waals surface area contributed by atoms with Crippen molar-refractivity contribution in [2.45, 2.75) is 51.8 Å². The normalized spacial score (nSPS) is 9.11. The first-order chi connectivity index (χ1) is 4.41. The van der Waals surface area contributed by atoms with Gasteiger partial charge >= 0.3 is 60.6 Å². The first-order valence-corrected chi connectivity index (χ1v) is 4.41. The summed E-state index contributed by atoms with van der Waals surface area (Å²) in [6.45, 7) is 4.53. The third-order valence-corrected chi connectivity index (χ3v) is 1.71. The molecule has 0 saturated carbocycles. The second kappa shape index (κ2) is 8.17. The summed E-state index contributed by atoms with van der Waals surface area (Å²) in [4.78, 5) is 0. The van der Waals surface area contributed by atoms with E-state index in [2.05, 4.69) is 13.8 Å². The summed E-state index contributed by atoms with van der Waals surface area (Å²) in [5, 5.41) is 0. The molecule has 0 aliphatic carbocycles. The molecule has 0 fully saturated rings. The van der Waals surface area contributed by atoms with Crippen LogP contribution in [0.15, 0.2) is 0 Å². The fourth-order valence-electron chi connectivity index (χ4n) is 1.03. The van der Waals surface area contributed by atoms with Crippen LogP contribution in [0.1, 0.15) is 39.5 Å². The summed E-state index contributed by atoms with van der Waals surface area (Å²) < 4.78 is 0. The molecule has 0 aromatic heterocycles. The molecule has 0 nitrogen and oxygen atoms in total. The van der Waals surface area contributed by atoms with Crippen LogP contribution in [0.2, 0.25) is 12.3 Å². The molecule has 0 aromatic rings. The van der Waals surface area contributed by atoms with Crippen LogP contribution in [0.25, 0.3) is 0 Å². The second-order valence-corrected chi connectivity index (χ2v) is 2.77. The van der Waals surface area contributed by atoms with Crippen molar-refractivity contribution in [1.82, 2.24) is 0 Å². The fourth-order valence-corrected chi connectivity index (χ4v) is 1.03. The zero-order chi connectivity index (χ0) is 6.95. The summed E-state index contributed by atoms with van der Waals surface area (Å²) in [5.74, 6) is 0. The van der Waals surface area contributed by atoms with Crippen molar-refractivity contribution >= 4 is 8.78 Å². The zero-order valence-electron chi connectivity index (χ0n) is 6.95. The quantitative estimate of drug-likeness (QED) is 0.376. The molecule has 0 bridgehead atoms. The average Bonchev–Trinajstić information content (AvgIpc) is 1.89. The van der Waals surface area contributed by atoms with Crippen molar-refractivity contribution in [1.29, 1.82) is 0 Å². The Morgan fingerprint density at radius 3 is 1.67 bits per heavy atom. The van der Waals surface area contributed by atoms with Crippen LogP contribution < -0.4 is 0 Å². The maximum atomic E-state index is 2.26. The van der Waals surface area contributed by atoms with E-state index in [0.29, 0.717) is 0 Å². The Bertz CT molecular complexity index is 37.8. The van der Waals surface area contributed by atoms with Crippen LogP contribution in [0.3, 0.4) is 0 Å². The van der Waals surface area contributed by atoms with E-state index in [1.54, 1.807) is 0 Å². The first kappa shape index (κ1) is 9.17. The third-order valence-electron chi connectivity index (χ3n) is 1.71. The van der Waals surface area contributed by atoms with Gasteiger partial charge in [-0.2, -0.15) is 0 Å². The summed E-state index contributed by atoms with van der Waals surface area (Å²) in [6.07, 6.45) is 8.51. The average molecular weight is 123 g/mol. The predicted molar refractivity (Wildman–Crippen MR) is 45.2 cm³/mol. The van der Waals surface area contributed by atoms with Crippen molar-refractivity contribution in [3.8, 4) is 0 Å². The van der Waals surface area contributed by atoms with Gasteiger partial charge in [0.25, 0.3) is 0 Å². The molecule has 0 aliphatic heterocycles. The monoisotopic (exact) mass is 123 g/mol. The van der Waals surface area contributed by atoms with E-state index in [0.717, 1.165) is 0 Å². The molecule has 0 saturated heterocycles. The minimum absolute atomic E-state index is 1.37. The molecule has 0 radical (unpaired) electrons. The molecular weight excluding hydrogens is 105 g/mol. The predicted octanol–water partition coefficient (Wildman–Crippen LogP) is 3.13. The molecule has 0 spiro atoms. The van der Waals surface area contributed by atoms with Crippen LogP contribution in [-0.2, 0) is 0 Å². The molecule has 9 heavy (non-hydrogen) atoms. The summed E-state index contributed by atoms with van der Waals surface area (Å²) in [7, 11) is 1.46. The van der Waals surface area contributed by atoms with Crippen molar-refractivity contribution in [3.63, 3.8) is 0 Å². The van der Waals surface area contributed by atoms with Crippen LogP contribution in [0, 0.1) is 0 Å². The number of hydrogen-bond donors (Lipinski definition) is 0. The van der Waals surface area contributed by atoms with E-state index in [1.165, 1.54) is 46.7 Å². The molecule has 0 atom stereocenters. The van der Waals surface area contributed by atoms with Crippen LogP contribution in [-0.4, -0.2) is 8.78 Å². The topological polar surface area (TPSA) is 0 Å². The molecule has 0 heterocycles. The Labute approximate surface area is 61.3 Å². The van der Waals surface area contributed by atoms with Gasteiger partial charge in [0, 0.05) is 0 Å². The van der Waals surface area contributed by atoms with E-state index >= 15 is 0 Å². The van der Waals surface area contributed by atoms with Gasteiger partial charge in [0.2, 0.25) is 0 Å². The van der Waals surface area contributed by atoms with Crippen LogP contribution in [0.4, 0.5) is 0 Å². The number of unbranched alkanes of at least 4 members (excludes halogenated alkanes) is 2. The van der Waals surface area contributed by atoms with E-state index in [-0.39, 0.29) is 0 Å². The van der Waals surface area contributed by atoms with Crippen molar-refractivity contribution in [2.75, 3.05) is 0 Å². The van der Waals surface area contributed by atoms with Gasteiger partial charge in [-0.15, -0.1) is 0 Å².